The van der Waals surface area contributed by atoms with Gasteiger partial charge in [0, 0.05) is 4.11 Å². The normalized spacial score (nSPS) is 13.3. The number of hydrogen-bond acceptors (Lipinski definition) is 0. The molecule has 0 bridgehead atoms. The minimum Gasteiger partial charge on any atom is -0.0622 e. The van der Waals surface area contributed by atoms with Crippen molar-refractivity contribution in [3.8, 4) is 22.3 Å². The second-order valence-corrected chi connectivity index (χ2v) is 4.93. The summed E-state index contributed by atoms with van der Waals surface area (Å²) in [6.45, 7) is -0.0747. The van der Waals surface area contributed by atoms with Crippen molar-refractivity contribution in [2.45, 2.75) is 13.8 Å². The van der Waals surface area contributed by atoms with Crippen LogP contribution in [0.5, 0.6) is 0 Å². The van der Waals surface area contributed by atoms with Gasteiger partial charge in [0.15, 0.2) is 0 Å². The molecule has 0 heteroatoms. The van der Waals surface area contributed by atoms with Crippen LogP contribution in [0.3, 0.4) is 0 Å². The summed E-state index contributed by atoms with van der Waals surface area (Å²) in [5.41, 5.74) is 5.48. The molecule has 20 heavy (non-hydrogen) atoms. The molecule has 0 aliphatic carbocycles. The van der Waals surface area contributed by atoms with E-state index in [2.05, 4.69) is 0 Å². The highest BCUT2D eigenvalue weighted by Gasteiger charge is 2.09. The molecule has 0 N–H and O–H groups in total. The Morgan fingerprint density at radius 1 is 0.700 bits per heavy atom. The Balaban J connectivity index is 2.28. The molecule has 0 amide bonds. The summed E-state index contributed by atoms with van der Waals surface area (Å²) >= 11 is 0. The maximum absolute atomic E-state index is 7.80. The third kappa shape index (κ3) is 2.37. The number of hydrogen-bond donors (Lipinski definition) is 0. The van der Waals surface area contributed by atoms with Gasteiger partial charge in [0.25, 0.3) is 0 Å². The lowest BCUT2D eigenvalue weighted by Gasteiger charge is -2.14. The van der Waals surface area contributed by atoms with Gasteiger partial charge in [0.2, 0.25) is 0 Å². The Kier molecular flexibility index (Phi) is 2.55. The third-order valence-electron chi connectivity index (χ3n) is 3.58. The zero-order valence-corrected chi connectivity index (χ0v) is 11.4. The third-order valence-corrected chi connectivity index (χ3v) is 3.58. The molecule has 3 aromatic rings. The van der Waals surface area contributed by atoms with E-state index in [1.54, 1.807) is 12.1 Å². The summed E-state index contributed by atoms with van der Waals surface area (Å²) in [5, 5.41) is 0. The zero-order chi connectivity index (χ0) is 16.4. The van der Waals surface area contributed by atoms with Crippen molar-refractivity contribution in [1.82, 2.24) is 0 Å². The van der Waals surface area contributed by atoms with Crippen molar-refractivity contribution in [3.63, 3.8) is 0 Å². The smallest absolute Gasteiger partial charge is 0.0280 e. The van der Waals surface area contributed by atoms with E-state index in [4.69, 9.17) is 4.11 Å². The van der Waals surface area contributed by atoms with Crippen LogP contribution in [-0.4, -0.2) is 0 Å². The van der Waals surface area contributed by atoms with Crippen LogP contribution >= 0.6 is 0 Å². The molecule has 3 rings (SSSR count). The van der Waals surface area contributed by atoms with Crippen molar-refractivity contribution in [3.05, 3.63) is 83.9 Å². The highest BCUT2D eigenvalue weighted by molar-refractivity contribution is 5.79. The minimum absolute atomic E-state index is 0.376. The zero-order valence-electron chi connectivity index (χ0n) is 14.4. The molecular formula is C20H18. The molecule has 0 unspecified atom stereocenters. The van der Waals surface area contributed by atoms with Crippen LogP contribution in [0.1, 0.15) is 15.2 Å². The molecule has 0 saturated heterocycles. The largest absolute Gasteiger partial charge is 0.0622 e. The summed E-state index contributed by atoms with van der Waals surface area (Å²) < 4.78 is 23.4. The standard InChI is InChI=1S/C20H18/c1-15-13-19(17-9-5-3-6-10-17)16(2)20(14-15)18-11-7-4-8-12-18/h3-14H,1-2H3/i1D3. The van der Waals surface area contributed by atoms with Gasteiger partial charge < -0.3 is 0 Å². The fourth-order valence-corrected chi connectivity index (χ4v) is 2.55. The first kappa shape index (κ1) is 9.55. The van der Waals surface area contributed by atoms with Gasteiger partial charge in [-0.15, -0.1) is 0 Å². The van der Waals surface area contributed by atoms with Crippen molar-refractivity contribution in [2.24, 2.45) is 0 Å². The second-order valence-electron chi connectivity index (χ2n) is 4.93. The summed E-state index contributed by atoms with van der Waals surface area (Å²) in [5.74, 6) is 0. The molecule has 3 aromatic carbocycles. The summed E-state index contributed by atoms with van der Waals surface area (Å²) in [4.78, 5) is 0. The quantitative estimate of drug-likeness (QED) is 0.560. The predicted molar refractivity (Wildman–Crippen MR) is 86.8 cm³/mol. The lowest BCUT2D eigenvalue weighted by Crippen LogP contribution is -1.90. The van der Waals surface area contributed by atoms with Gasteiger partial charge in [0.05, 0.1) is 0 Å². The van der Waals surface area contributed by atoms with E-state index in [0.29, 0.717) is 5.56 Å². The number of aryl methyl sites for hydroxylation is 1. The lowest BCUT2D eigenvalue weighted by molar-refractivity contribution is 1.39. The maximum Gasteiger partial charge on any atom is 0.0280 e. The Morgan fingerprint density at radius 2 is 1.15 bits per heavy atom. The SMILES string of the molecule is [2H]C([2H])([2H])c1cc(-c2ccccc2)c(C)c(-c2ccccc2)c1. The molecule has 0 nitrogen and oxygen atoms in total. The summed E-state index contributed by atoms with van der Waals surface area (Å²) in [6.07, 6.45) is 0. The molecule has 0 fully saturated rings. The van der Waals surface area contributed by atoms with Gasteiger partial charge in [-0.05, 0) is 47.2 Å². The highest BCUT2D eigenvalue weighted by Crippen LogP contribution is 2.32. The topological polar surface area (TPSA) is 0 Å². The van der Waals surface area contributed by atoms with E-state index in [0.717, 1.165) is 27.8 Å². The number of rotatable bonds is 2. The van der Waals surface area contributed by atoms with E-state index in [1.165, 1.54) is 0 Å². The van der Waals surface area contributed by atoms with Crippen LogP contribution in [0.2, 0.25) is 0 Å². The van der Waals surface area contributed by atoms with Crippen molar-refractivity contribution >= 4 is 0 Å². The van der Waals surface area contributed by atoms with E-state index in [1.807, 2.05) is 67.6 Å². The molecular weight excluding hydrogens is 240 g/mol. The molecule has 0 radical (unpaired) electrons. The number of benzene rings is 3. The van der Waals surface area contributed by atoms with Gasteiger partial charge in [-0.1, -0.05) is 72.8 Å². The molecule has 0 spiro atoms. The highest BCUT2D eigenvalue weighted by atomic mass is 14.1. The summed E-state index contributed by atoms with van der Waals surface area (Å²) in [6, 6.07) is 23.5. The monoisotopic (exact) mass is 261 g/mol. The first-order valence-corrected chi connectivity index (χ1v) is 6.73. The molecule has 0 aliphatic heterocycles. The van der Waals surface area contributed by atoms with Crippen LogP contribution in [0, 0.1) is 13.8 Å². The van der Waals surface area contributed by atoms with Gasteiger partial charge in [-0.2, -0.15) is 0 Å². The first-order valence-electron chi connectivity index (χ1n) is 8.23. The minimum atomic E-state index is -2.12. The van der Waals surface area contributed by atoms with Gasteiger partial charge >= 0.3 is 0 Å². The first-order chi connectivity index (χ1) is 11.0. The Morgan fingerprint density at radius 3 is 1.55 bits per heavy atom. The molecule has 98 valence electrons. The Hall–Kier alpha value is -2.34. The molecule has 0 atom stereocenters. The molecule has 0 aromatic heterocycles. The van der Waals surface area contributed by atoms with Gasteiger partial charge in [0.1, 0.15) is 0 Å². The van der Waals surface area contributed by atoms with Crippen molar-refractivity contribution in [1.29, 1.82) is 0 Å². The van der Waals surface area contributed by atoms with E-state index in [-0.39, 0.29) is 0 Å². The average molecular weight is 261 g/mol. The fraction of sp³-hybridized carbons (Fsp3) is 0.100. The van der Waals surface area contributed by atoms with Crippen LogP contribution in [-0.2, 0) is 0 Å². The molecule has 0 saturated carbocycles. The summed E-state index contributed by atoms with van der Waals surface area (Å²) in [7, 11) is 0. The van der Waals surface area contributed by atoms with Crippen molar-refractivity contribution < 1.29 is 4.11 Å². The van der Waals surface area contributed by atoms with Gasteiger partial charge in [-0.25, -0.2) is 0 Å². The average Bonchev–Trinajstić information content (AvgIpc) is 2.55. The van der Waals surface area contributed by atoms with Crippen molar-refractivity contribution in [2.75, 3.05) is 0 Å². The second kappa shape index (κ2) is 5.34. The molecule has 0 aliphatic rings. The van der Waals surface area contributed by atoms with Crippen LogP contribution in [0.15, 0.2) is 72.8 Å². The van der Waals surface area contributed by atoms with Gasteiger partial charge in [-0.3, -0.25) is 0 Å². The van der Waals surface area contributed by atoms with Crippen LogP contribution in [0.4, 0.5) is 0 Å². The van der Waals surface area contributed by atoms with Crippen LogP contribution in [0.25, 0.3) is 22.3 Å². The van der Waals surface area contributed by atoms with E-state index < -0.39 is 6.85 Å². The maximum atomic E-state index is 7.80. The Labute approximate surface area is 124 Å². The Bertz CT molecular complexity index is 743. The van der Waals surface area contributed by atoms with E-state index >= 15 is 0 Å². The molecule has 0 heterocycles. The van der Waals surface area contributed by atoms with E-state index in [9.17, 15) is 0 Å². The van der Waals surface area contributed by atoms with Crippen LogP contribution < -0.4 is 0 Å². The predicted octanol–water partition coefficient (Wildman–Crippen LogP) is 5.64. The fourth-order valence-electron chi connectivity index (χ4n) is 2.55. The lowest BCUT2D eigenvalue weighted by atomic mass is 9.91.